The number of amides is 1. The van der Waals surface area contributed by atoms with Gasteiger partial charge in [0.2, 0.25) is 0 Å². The summed E-state index contributed by atoms with van der Waals surface area (Å²) in [6, 6.07) is 16.7. The van der Waals surface area contributed by atoms with Crippen LogP contribution in [0.25, 0.3) is 10.8 Å². The van der Waals surface area contributed by atoms with Gasteiger partial charge in [0, 0.05) is 19.6 Å². The third-order valence-electron chi connectivity index (χ3n) is 5.84. The van der Waals surface area contributed by atoms with Crippen molar-refractivity contribution in [1.82, 2.24) is 10.2 Å². The molecule has 1 atom stereocenters. The number of carbonyl (C=O) groups excluding carboxylic acids is 1. The quantitative estimate of drug-likeness (QED) is 0.591. The first-order valence-electron chi connectivity index (χ1n) is 10.6. The number of nitrogens with one attached hydrogen (secondary N) is 1. The van der Waals surface area contributed by atoms with Crippen LogP contribution in [0.3, 0.4) is 0 Å². The largest absolute Gasteiger partial charge is 0.507 e. The fourth-order valence-electron chi connectivity index (χ4n) is 4.10. The van der Waals surface area contributed by atoms with Crippen LogP contribution in [0, 0.1) is 0 Å². The molecule has 0 bridgehead atoms. The molecule has 3 aromatic carbocycles. The number of nitrogens with zero attached hydrogens (tertiary/aromatic N) is 1. The van der Waals surface area contributed by atoms with Crippen LogP contribution in [0.1, 0.15) is 22.0 Å². The van der Waals surface area contributed by atoms with Gasteiger partial charge in [0.15, 0.2) is 11.5 Å². The molecule has 32 heavy (non-hydrogen) atoms. The van der Waals surface area contributed by atoms with Crippen LogP contribution in [0.2, 0.25) is 0 Å². The maximum atomic E-state index is 13.0. The number of aromatic hydroxyl groups is 1. The Hall–Kier alpha value is -3.29. The van der Waals surface area contributed by atoms with E-state index in [9.17, 15) is 9.90 Å². The van der Waals surface area contributed by atoms with Gasteiger partial charge in [-0.1, -0.05) is 30.3 Å². The number of hydrogen-bond acceptors (Lipinski definition) is 6. The predicted octanol–water partition coefficient (Wildman–Crippen LogP) is 3.37. The molecule has 1 saturated heterocycles. The highest BCUT2D eigenvalue weighted by atomic mass is 16.5. The number of morpholine rings is 1. The molecule has 1 amide bonds. The zero-order valence-corrected chi connectivity index (χ0v) is 18.3. The standard InChI is InChI=1S/C25H28N2O5/c1-30-23-8-7-19(15-24(23)31-2)21(27-9-11-32-12-10-27)16-26-25(29)20-13-17-5-3-4-6-18(17)14-22(20)28/h3-8,13-15,21,28H,9-12,16H2,1-2H3,(H,26,29). The Balaban J connectivity index is 1.58. The normalized spacial score (nSPS) is 15.3. The lowest BCUT2D eigenvalue weighted by molar-refractivity contribution is 0.0162. The lowest BCUT2D eigenvalue weighted by Crippen LogP contribution is -2.43. The summed E-state index contributed by atoms with van der Waals surface area (Å²) in [4.78, 5) is 15.3. The number of carbonyl (C=O) groups is 1. The predicted molar refractivity (Wildman–Crippen MR) is 123 cm³/mol. The highest BCUT2D eigenvalue weighted by Crippen LogP contribution is 2.32. The van der Waals surface area contributed by atoms with E-state index >= 15 is 0 Å². The van der Waals surface area contributed by atoms with Crippen molar-refractivity contribution in [2.75, 3.05) is 47.1 Å². The minimum atomic E-state index is -0.313. The van der Waals surface area contributed by atoms with Gasteiger partial charge in [0.1, 0.15) is 5.75 Å². The zero-order valence-electron chi connectivity index (χ0n) is 18.3. The number of fused-ring (bicyclic) bond motifs is 1. The zero-order chi connectivity index (χ0) is 22.5. The van der Waals surface area contributed by atoms with E-state index in [-0.39, 0.29) is 23.3 Å². The van der Waals surface area contributed by atoms with E-state index in [2.05, 4.69) is 10.2 Å². The van der Waals surface area contributed by atoms with E-state index in [0.717, 1.165) is 29.4 Å². The first kappa shape index (κ1) is 21.9. The third-order valence-corrected chi connectivity index (χ3v) is 5.84. The van der Waals surface area contributed by atoms with Crippen molar-refractivity contribution in [3.63, 3.8) is 0 Å². The Labute approximate surface area is 187 Å². The molecule has 1 aliphatic rings. The maximum absolute atomic E-state index is 13.0. The van der Waals surface area contributed by atoms with Crippen LogP contribution in [-0.2, 0) is 4.74 Å². The number of ether oxygens (including phenoxy) is 3. The number of benzene rings is 3. The molecule has 1 fully saturated rings. The van der Waals surface area contributed by atoms with Crippen LogP contribution in [-0.4, -0.2) is 63.0 Å². The van der Waals surface area contributed by atoms with Crippen molar-refractivity contribution < 1.29 is 24.1 Å². The van der Waals surface area contributed by atoms with Gasteiger partial charge in [0.05, 0.1) is 39.0 Å². The molecule has 7 heteroatoms. The Morgan fingerprint density at radius 2 is 1.72 bits per heavy atom. The Morgan fingerprint density at radius 3 is 2.41 bits per heavy atom. The molecule has 3 aromatic rings. The van der Waals surface area contributed by atoms with Gasteiger partial charge in [-0.15, -0.1) is 0 Å². The van der Waals surface area contributed by atoms with Crippen molar-refractivity contribution >= 4 is 16.7 Å². The summed E-state index contributed by atoms with van der Waals surface area (Å²) in [5.41, 5.74) is 1.27. The summed E-state index contributed by atoms with van der Waals surface area (Å²) in [6.45, 7) is 3.18. The van der Waals surface area contributed by atoms with E-state index in [1.54, 1.807) is 26.4 Å². The molecule has 0 saturated carbocycles. The van der Waals surface area contributed by atoms with Gasteiger partial charge in [0.25, 0.3) is 5.91 Å². The van der Waals surface area contributed by atoms with Crippen molar-refractivity contribution in [3.8, 4) is 17.2 Å². The molecule has 7 nitrogen and oxygen atoms in total. The van der Waals surface area contributed by atoms with Gasteiger partial charge >= 0.3 is 0 Å². The second kappa shape index (κ2) is 9.89. The summed E-state index contributed by atoms with van der Waals surface area (Å²) in [5.74, 6) is 0.950. The molecule has 0 spiro atoms. The summed E-state index contributed by atoms with van der Waals surface area (Å²) < 4.78 is 16.4. The highest BCUT2D eigenvalue weighted by molar-refractivity contribution is 6.01. The average Bonchev–Trinajstić information content (AvgIpc) is 2.84. The molecule has 0 aliphatic carbocycles. The molecule has 1 aliphatic heterocycles. The molecule has 0 radical (unpaired) electrons. The summed E-state index contributed by atoms with van der Waals surface area (Å²) in [7, 11) is 3.21. The monoisotopic (exact) mass is 436 g/mol. The van der Waals surface area contributed by atoms with Gasteiger partial charge in [-0.2, -0.15) is 0 Å². The lowest BCUT2D eigenvalue weighted by Gasteiger charge is -2.35. The second-order valence-electron chi connectivity index (χ2n) is 7.71. The Kier molecular flexibility index (Phi) is 6.78. The summed E-state index contributed by atoms with van der Waals surface area (Å²) in [5, 5.41) is 15.2. The van der Waals surface area contributed by atoms with E-state index in [4.69, 9.17) is 14.2 Å². The molecule has 2 N–H and O–H groups in total. The van der Waals surface area contributed by atoms with Crippen LogP contribution < -0.4 is 14.8 Å². The lowest BCUT2D eigenvalue weighted by atomic mass is 10.0. The number of phenols is 1. The fraction of sp³-hybridized carbons (Fsp3) is 0.320. The SMILES string of the molecule is COc1ccc(C(CNC(=O)c2cc3ccccc3cc2O)N2CCOCC2)cc1OC. The average molecular weight is 437 g/mol. The van der Waals surface area contributed by atoms with Crippen LogP contribution >= 0.6 is 0 Å². The molecular formula is C25H28N2O5. The van der Waals surface area contributed by atoms with E-state index in [0.29, 0.717) is 31.3 Å². The molecular weight excluding hydrogens is 408 g/mol. The highest BCUT2D eigenvalue weighted by Gasteiger charge is 2.25. The van der Waals surface area contributed by atoms with Crippen LogP contribution in [0.15, 0.2) is 54.6 Å². The summed E-state index contributed by atoms with van der Waals surface area (Å²) >= 11 is 0. The topological polar surface area (TPSA) is 80.3 Å². The number of hydrogen-bond donors (Lipinski definition) is 2. The van der Waals surface area contributed by atoms with Gasteiger partial charge in [-0.25, -0.2) is 0 Å². The van der Waals surface area contributed by atoms with E-state index < -0.39 is 0 Å². The van der Waals surface area contributed by atoms with Crippen molar-refractivity contribution in [3.05, 3.63) is 65.7 Å². The second-order valence-corrected chi connectivity index (χ2v) is 7.71. The third kappa shape index (κ3) is 4.64. The van der Waals surface area contributed by atoms with Crippen molar-refractivity contribution in [2.45, 2.75) is 6.04 Å². The first-order chi connectivity index (χ1) is 15.6. The van der Waals surface area contributed by atoms with Gasteiger partial charge in [-0.05, 0) is 40.6 Å². The summed E-state index contributed by atoms with van der Waals surface area (Å²) in [6.07, 6.45) is 0. The van der Waals surface area contributed by atoms with E-state index in [1.807, 2.05) is 42.5 Å². The first-order valence-corrected chi connectivity index (χ1v) is 10.6. The van der Waals surface area contributed by atoms with E-state index in [1.165, 1.54) is 0 Å². The van der Waals surface area contributed by atoms with Crippen molar-refractivity contribution in [2.24, 2.45) is 0 Å². The Bertz CT molecular complexity index is 1090. The van der Waals surface area contributed by atoms with Crippen LogP contribution in [0.4, 0.5) is 0 Å². The number of methoxy groups -OCH3 is 2. The van der Waals surface area contributed by atoms with Crippen LogP contribution in [0.5, 0.6) is 17.2 Å². The minimum absolute atomic E-state index is 0.0322. The molecule has 4 rings (SSSR count). The smallest absolute Gasteiger partial charge is 0.255 e. The Morgan fingerprint density at radius 1 is 1.03 bits per heavy atom. The van der Waals surface area contributed by atoms with Gasteiger partial charge < -0.3 is 24.6 Å². The number of rotatable bonds is 7. The van der Waals surface area contributed by atoms with Gasteiger partial charge in [-0.3, -0.25) is 9.69 Å². The fourth-order valence-corrected chi connectivity index (χ4v) is 4.10. The molecule has 0 aromatic heterocycles. The maximum Gasteiger partial charge on any atom is 0.255 e. The molecule has 1 heterocycles. The minimum Gasteiger partial charge on any atom is -0.507 e. The molecule has 168 valence electrons. The van der Waals surface area contributed by atoms with Crippen molar-refractivity contribution in [1.29, 1.82) is 0 Å². The number of phenolic OH excluding ortho intramolecular Hbond substituents is 1. The molecule has 1 unspecified atom stereocenters.